The van der Waals surface area contributed by atoms with Gasteiger partial charge in [-0.3, -0.25) is 4.79 Å². The third-order valence-corrected chi connectivity index (χ3v) is 2.95. The fourth-order valence-corrected chi connectivity index (χ4v) is 1.95. The van der Waals surface area contributed by atoms with E-state index in [1.165, 1.54) is 0 Å². The Morgan fingerprint density at radius 3 is 2.57 bits per heavy atom. The maximum atomic E-state index is 11.8. The summed E-state index contributed by atoms with van der Waals surface area (Å²) in [6.07, 6.45) is 1.60. The molecule has 5 heteroatoms. The van der Waals surface area contributed by atoms with E-state index < -0.39 is 0 Å². The van der Waals surface area contributed by atoms with Gasteiger partial charge in [-0.15, -0.1) is 0 Å². The highest BCUT2D eigenvalue weighted by Crippen LogP contribution is 2.26. The Balaban J connectivity index is 1.84. The summed E-state index contributed by atoms with van der Waals surface area (Å²) in [5.74, 6) is 0.818. The molecule has 0 aliphatic heterocycles. The molecule has 0 saturated heterocycles. The number of rotatable bonds is 7. The summed E-state index contributed by atoms with van der Waals surface area (Å²) in [6, 6.07) is 15.1. The van der Waals surface area contributed by atoms with Crippen molar-refractivity contribution in [3.63, 3.8) is 0 Å². The molecular formula is C18H20N2O3. The standard InChI is InChI=1S/C18H20N2O3/c1-3-22-16-9-4-5-10-17(16)23-13-18(21)20-19-12-15-8-6-7-14(2)11-15/h4-12H,3,13H2,1-2H3,(H,20,21)/b19-12+. The van der Waals surface area contributed by atoms with E-state index in [4.69, 9.17) is 9.47 Å². The van der Waals surface area contributed by atoms with Crippen molar-refractivity contribution in [2.24, 2.45) is 5.10 Å². The molecule has 0 radical (unpaired) electrons. The van der Waals surface area contributed by atoms with Crippen LogP contribution in [0.5, 0.6) is 11.5 Å². The topological polar surface area (TPSA) is 59.9 Å². The minimum atomic E-state index is -0.333. The van der Waals surface area contributed by atoms with Gasteiger partial charge in [0, 0.05) is 0 Å². The van der Waals surface area contributed by atoms with Crippen molar-refractivity contribution in [3.8, 4) is 11.5 Å². The second-order valence-corrected chi connectivity index (χ2v) is 4.88. The molecule has 1 N–H and O–H groups in total. The van der Waals surface area contributed by atoms with Gasteiger partial charge in [-0.05, 0) is 31.5 Å². The van der Waals surface area contributed by atoms with Gasteiger partial charge in [0.15, 0.2) is 18.1 Å². The first-order valence-corrected chi connectivity index (χ1v) is 7.42. The van der Waals surface area contributed by atoms with Gasteiger partial charge in [0.25, 0.3) is 5.91 Å². The molecule has 2 rings (SSSR count). The maximum Gasteiger partial charge on any atom is 0.277 e. The van der Waals surface area contributed by atoms with E-state index in [0.29, 0.717) is 18.1 Å². The molecule has 0 aromatic heterocycles. The minimum Gasteiger partial charge on any atom is -0.490 e. The van der Waals surface area contributed by atoms with Gasteiger partial charge in [-0.25, -0.2) is 5.43 Å². The summed E-state index contributed by atoms with van der Waals surface area (Å²) >= 11 is 0. The number of benzene rings is 2. The summed E-state index contributed by atoms with van der Waals surface area (Å²) in [6.45, 7) is 4.30. The van der Waals surface area contributed by atoms with Crippen molar-refractivity contribution < 1.29 is 14.3 Å². The highest BCUT2D eigenvalue weighted by Gasteiger charge is 2.06. The normalized spacial score (nSPS) is 10.5. The van der Waals surface area contributed by atoms with E-state index in [2.05, 4.69) is 10.5 Å². The van der Waals surface area contributed by atoms with Crippen LogP contribution >= 0.6 is 0 Å². The van der Waals surface area contributed by atoms with E-state index in [1.807, 2.05) is 50.2 Å². The van der Waals surface area contributed by atoms with Gasteiger partial charge in [0.1, 0.15) is 0 Å². The lowest BCUT2D eigenvalue weighted by molar-refractivity contribution is -0.123. The van der Waals surface area contributed by atoms with Crippen LogP contribution in [0.3, 0.4) is 0 Å². The molecule has 0 saturated carbocycles. The molecule has 0 unspecified atom stereocenters. The zero-order chi connectivity index (χ0) is 16.5. The summed E-state index contributed by atoms with van der Waals surface area (Å²) in [5.41, 5.74) is 4.50. The fourth-order valence-electron chi connectivity index (χ4n) is 1.95. The van der Waals surface area contributed by atoms with Crippen LogP contribution in [0.4, 0.5) is 0 Å². The summed E-state index contributed by atoms with van der Waals surface area (Å²) in [4.78, 5) is 11.8. The van der Waals surface area contributed by atoms with Crippen molar-refractivity contribution >= 4 is 12.1 Å². The van der Waals surface area contributed by atoms with Crippen molar-refractivity contribution in [1.82, 2.24) is 5.43 Å². The van der Waals surface area contributed by atoms with E-state index in [-0.39, 0.29) is 12.5 Å². The lowest BCUT2D eigenvalue weighted by Gasteiger charge is -2.10. The van der Waals surface area contributed by atoms with E-state index in [1.54, 1.807) is 18.3 Å². The average Bonchev–Trinajstić information content (AvgIpc) is 2.54. The van der Waals surface area contributed by atoms with Gasteiger partial charge in [-0.2, -0.15) is 5.10 Å². The van der Waals surface area contributed by atoms with Crippen LogP contribution in [0, 0.1) is 6.92 Å². The van der Waals surface area contributed by atoms with Crippen molar-refractivity contribution in [3.05, 3.63) is 59.7 Å². The van der Waals surface area contributed by atoms with Crippen molar-refractivity contribution in [2.45, 2.75) is 13.8 Å². The minimum absolute atomic E-state index is 0.130. The van der Waals surface area contributed by atoms with Gasteiger partial charge >= 0.3 is 0 Å². The third-order valence-electron chi connectivity index (χ3n) is 2.95. The monoisotopic (exact) mass is 312 g/mol. The summed E-state index contributed by atoms with van der Waals surface area (Å²) in [7, 11) is 0. The fraction of sp³-hybridized carbons (Fsp3) is 0.222. The highest BCUT2D eigenvalue weighted by molar-refractivity contribution is 5.83. The highest BCUT2D eigenvalue weighted by atomic mass is 16.5. The zero-order valence-corrected chi connectivity index (χ0v) is 13.3. The third kappa shape index (κ3) is 5.47. The van der Waals surface area contributed by atoms with Crippen LogP contribution in [0.15, 0.2) is 53.6 Å². The second kappa shape index (κ2) is 8.58. The Labute approximate surface area is 135 Å². The van der Waals surface area contributed by atoms with Crippen LogP contribution in [0.1, 0.15) is 18.1 Å². The molecule has 0 aliphatic rings. The molecule has 0 atom stereocenters. The molecule has 0 bridgehead atoms. The second-order valence-electron chi connectivity index (χ2n) is 4.88. The predicted octanol–water partition coefficient (Wildman–Crippen LogP) is 2.92. The first-order chi connectivity index (χ1) is 11.2. The Morgan fingerprint density at radius 2 is 1.87 bits per heavy atom. The van der Waals surface area contributed by atoms with Crippen LogP contribution in [-0.4, -0.2) is 25.3 Å². The Bertz CT molecular complexity index is 683. The van der Waals surface area contributed by atoms with Gasteiger partial charge in [0.2, 0.25) is 0 Å². The number of nitrogens with zero attached hydrogens (tertiary/aromatic N) is 1. The number of aryl methyl sites for hydroxylation is 1. The van der Waals surface area contributed by atoms with Crippen molar-refractivity contribution in [2.75, 3.05) is 13.2 Å². The smallest absolute Gasteiger partial charge is 0.277 e. The Hall–Kier alpha value is -2.82. The lowest BCUT2D eigenvalue weighted by Crippen LogP contribution is -2.24. The first kappa shape index (κ1) is 16.5. The van der Waals surface area contributed by atoms with Gasteiger partial charge < -0.3 is 9.47 Å². The lowest BCUT2D eigenvalue weighted by atomic mass is 10.2. The largest absolute Gasteiger partial charge is 0.490 e. The number of hydrazone groups is 1. The molecule has 1 amide bonds. The molecular weight excluding hydrogens is 292 g/mol. The number of nitrogens with one attached hydrogen (secondary N) is 1. The molecule has 0 heterocycles. The molecule has 5 nitrogen and oxygen atoms in total. The predicted molar refractivity (Wildman–Crippen MR) is 90.0 cm³/mol. The molecule has 120 valence electrons. The van der Waals surface area contributed by atoms with Crippen LogP contribution < -0.4 is 14.9 Å². The van der Waals surface area contributed by atoms with E-state index in [0.717, 1.165) is 11.1 Å². The number of carbonyl (C=O) groups is 1. The SMILES string of the molecule is CCOc1ccccc1OCC(=O)N/N=C/c1cccc(C)c1. The van der Waals surface area contributed by atoms with Crippen LogP contribution in [0.2, 0.25) is 0 Å². The van der Waals surface area contributed by atoms with Crippen LogP contribution in [-0.2, 0) is 4.79 Å². The molecule has 0 aliphatic carbocycles. The molecule has 23 heavy (non-hydrogen) atoms. The molecule has 0 fully saturated rings. The molecule has 2 aromatic carbocycles. The van der Waals surface area contributed by atoms with Crippen LogP contribution in [0.25, 0.3) is 0 Å². The number of carbonyl (C=O) groups excluding carboxylic acids is 1. The Morgan fingerprint density at radius 1 is 1.13 bits per heavy atom. The van der Waals surface area contributed by atoms with E-state index >= 15 is 0 Å². The average molecular weight is 312 g/mol. The number of amides is 1. The van der Waals surface area contributed by atoms with E-state index in [9.17, 15) is 4.79 Å². The number of hydrogen-bond acceptors (Lipinski definition) is 4. The maximum absolute atomic E-state index is 11.8. The number of para-hydroxylation sites is 2. The molecule has 2 aromatic rings. The number of ether oxygens (including phenoxy) is 2. The first-order valence-electron chi connectivity index (χ1n) is 7.42. The zero-order valence-electron chi connectivity index (χ0n) is 13.3. The summed E-state index contributed by atoms with van der Waals surface area (Å²) < 4.78 is 10.9. The Kier molecular flexibility index (Phi) is 6.17. The molecule has 0 spiro atoms. The number of hydrogen-bond donors (Lipinski definition) is 1. The van der Waals surface area contributed by atoms with Crippen molar-refractivity contribution in [1.29, 1.82) is 0 Å². The van der Waals surface area contributed by atoms with Gasteiger partial charge in [0.05, 0.1) is 12.8 Å². The summed E-state index contributed by atoms with van der Waals surface area (Å²) in [5, 5.41) is 3.92. The quantitative estimate of drug-likeness (QED) is 0.631. The van der Waals surface area contributed by atoms with Gasteiger partial charge in [-0.1, -0.05) is 42.0 Å².